The number of hydrogen-bond donors (Lipinski definition) is 1. The van der Waals surface area contributed by atoms with Crippen molar-refractivity contribution in [1.29, 1.82) is 0 Å². The number of hydrogen-bond acceptors (Lipinski definition) is 5. The van der Waals surface area contributed by atoms with Gasteiger partial charge >= 0.3 is 6.09 Å². The van der Waals surface area contributed by atoms with Crippen LogP contribution in [-0.2, 0) is 17.7 Å². The van der Waals surface area contributed by atoms with E-state index in [1.54, 1.807) is 38.2 Å². The molecule has 0 saturated heterocycles. The average molecular weight is 359 g/mol. The van der Waals surface area contributed by atoms with Crippen LogP contribution in [-0.4, -0.2) is 43.5 Å². The van der Waals surface area contributed by atoms with Crippen LogP contribution in [0, 0.1) is 0 Å². The van der Waals surface area contributed by atoms with Gasteiger partial charge < -0.3 is 24.2 Å². The number of amides is 1. The van der Waals surface area contributed by atoms with Crippen molar-refractivity contribution in [1.82, 2.24) is 4.90 Å². The highest BCUT2D eigenvalue weighted by molar-refractivity contribution is 5.67. The molecule has 0 bridgehead atoms. The molecule has 0 unspecified atom stereocenters. The standard InChI is InChI=1S/C20H25NO5/c1-4-26-20(23)21(12-11-15-5-8-17(22)9-6-15)14-16-7-10-18(24-2)19(13-16)25-3/h5-10,13,22H,4,11-12,14H2,1-3H3. The number of rotatable bonds is 8. The fraction of sp³-hybridized carbons (Fsp3) is 0.350. The molecule has 6 heteroatoms. The molecule has 1 N–H and O–H groups in total. The van der Waals surface area contributed by atoms with Crippen molar-refractivity contribution in [3.8, 4) is 17.2 Å². The number of phenols is 1. The van der Waals surface area contributed by atoms with E-state index >= 15 is 0 Å². The fourth-order valence-corrected chi connectivity index (χ4v) is 2.58. The van der Waals surface area contributed by atoms with Gasteiger partial charge in [0.25, 0.3) is 0 Å². The molecule has 0 aliphatic carbocycles. The number of methoxy groups -OCH3 is 2. The number of carbonyl (C=O) groups excluding carboxylic acids is 1. The summed E-state index contributed by atoms with van der Waals surface area (Å²) in [5.74, 6) is 1.48. The Morgan fingerprint density at radius 3 is 2.27 bits per heavy atom. The van der Waals surface area contributed by atoms with Gasteiger partial charge in [0.15, 0.2) is 11.5 Å². The van der Waals surface area contributed by atoms with E-state index in [1.165, 1.54) is 0 Å². The first-order valence-electron chi connectivity index (χ1n) is 8.47. The highest BCUT2D eigenvalue weighted by Gasteiger charge is 2.16. The maximum absolute atomic E-state index is 12.3. The van der Waals surface area contributed by atoms with Gasteiger partial charge in [-0.25, -0.2) is 4.79 Å². The van der Waals surface area contributed by atoms with Gasteiger partial charge in [-0.2, -0.15) is 0 Å². The lowest BCUT2D eigenvalue weighted by atomic mass is 10.1. The summed E-state index contributed by atoms with van der Waals surface area (Å²) in [6, 6.07) is 12.5. The lowest BCUT2D eigenvalue weighted by Crippen LogP contribution is -2.33. The van der Waals surface area contributed by atoms with Gasteiger partial charge in [-0.1, -0.05) is 18.2 Å². The molecule has 0 aliphatic heterocycles. The molecule has 0 aromatic heterocycles. The summed E-state index contributed by atoms with van der Waals surface area (Å²) in [4.78, 5) is 14.0. The molecule has 26 heavy (non-hydrogen) atoms. The van der Waals surface area contributed by atoms with Crippen molar-refractivity contribution in [2.75, 3.05) is 27.4 Å². The van der Waals surface area contributed by atoms with Crippen molar-refractivity contribution in [3.63, 3.8) is 0 Å². The van der Waals surface area contributed by atoms with Crippen LogP contribution in [0.3, 0.4) is 0 Å². The molecule has 0 aliphatic rings. The fourth-order valence-electron chi connectivity index (χ4n) is 2.58. The molecule has 0 spiro atoms. The zero-order valence-corrected chi connectivity index (χ0v) is 15.4. The number of benzene rings is 2. The van der Waals surface area contributed by atoms with Gasteiger partial charge in [-0.05, 0) is 48.7 Å². The summed E-state index contributed by atoms with van der Waals surface area (Å²) in [6.45, 7) is 3.00. The van der Waals surface area contributed by atoms with Crippen LogP contribution in [0.1, 0.15) is 18.1 Å². The number of phenolic OH excluding ortho intramolecular Hbond substituents is 1. The second-order valence-corrected chi connectivity index (χ2v) is 5.73. The van der Waals surface area contributed by atoms with Crippen LogP contribution in [0.25, 0.3) is 0 Å². The largest absolute Gasteiger partial charge is 0.508 e. The minimum atomic E-state index is -0.360. The Balaban J connectivity index is 2.11. The van der Waals surface area contributed by atoms with E-state index in [0.29, 0.717) is 37.6 Å². The van der Waals surface area contributed by atoms with E-state index in [9.17, 15) is 9.90 Å². The first kappa shape index (κ1) is 19.4. The Hall–Kier alpha value is -2.89. The van der Waals surface area contributed by atoms with Gasteiger partial charge in [0, 0.05) is 13.1 Å². The van der Waals surface area contributed by atoms with Gasteiger partial charge in [0.05, 0.1) is 20.8 Å². The summed E-state index contributed by atoms with van der Waals surface area (Å²) in [5, 5.41) is 9.37. The first-order chi connectivity index (χ1) is 12.6. The molecule has 0 atom stereocenters. The van der Waals surface area contributed by atoms with Crippen LogP contribution in [0.2, 0.25) is 0 Å². The van der Waals surface area contributed by atoms with Crippen LogP contribution in [0.15, 0.2) is 42.5 Å². The smallest absolute Gasteiger partial charge is 0.410 e. The van der Waals surface area contributed by atoms with E-state index in [-0.39, 0.29) is 11.8 Å². The Bertz CT molecular complexity index is 715. The first-order valence-corrected chi connectivity index (χ1v) is 8.47. The second kappa shape index (κ2) is 9.56. The predicted molar refractivity (Wildman–Crippen MR) is 98.8 cm³/mol. The SMILES string of the molecule is CCOC(=O)N(CCc1ccc(O)cc1)Cc1ccc(OC)c(OC)c1. The normalized spacial score (nSPS) is 10.3. The molecule has 0 radical (unpaired) electrons. The molecule has 1 amide bonds. The topological polar surface area (TPSA) is 68.2 Å². The monoisotopic (exact) mass is 359 g/mol. The summed E-state index contributed by atoms with van der Waals surface area (Å²) in [6.07, 6.45) is 0.299. The van der Waals surface area contributed by atoms with Crippen molar-refractivity contribution in [2.45, 2.75) is 19.9 Å². The molecule has 2 aromatic rings. The molecule has 0 saturated carbocycles. The Labute approximate surface area is 153 Å². The van der Waals surface area contributed by atoms with Gasteiger partial charge in [0.2, 0.25) is 0 Å². The van der Waals surface area contributed by atoms with Crippen molar-refractivity contribution < 1.29 is 24.1 Å². The average Bonchev–Trinajstić information content (AvgIpc) is 2.66. The third-order valence-electron chi connectivity index (χ3n) is 3.95. The van der Waals surface area contributed by atoms with Crippen molar-refractivity contribution >= 4 is 6.09 Å². The highest BCUT2D eigenvalue weighted by atomic mass is 16.6. The molecule has 0 heterocycles. The third-order valence-corrected chi connectivity index (χ3v) is 3.95. The molecular formula is C20H25NO5. The lowest BCUT2D eigenvalue weighted by Gasteiger charge is -2.22. The quantitative estimate of drug-likeness (QED) is 0.780. The molecule has 2 rings (SSSR count). The van der Waals surface area contributed by atoms with E-state index in [4.69, 9.17) is 14.2 Å². The predicted octanol–water partition coefficient (Wildman–Crippen LogP) is 3.61. The number of carbonyl (C=O) groups is 1. The van der Waals surface area contributed by atoms with Gasteiger partial charge in [-0.15, -0.1) is 0 Å². The summed E-state index contributed by atoms with van der Waals surface area (Å²) < 4.78 is 15.7. The van der Waals surface area contributed by atoms with Crippen LogP contribution in [0.4, 0.5) is 4.79 Å². The minimum Gasteiger partial charge on any atom is -0.508 e. The second-order valence-electron chi connectivity index (χ2n) is 5.73. The highest BCUT2D eigenvalue weighted by Crippen LogP contribution is 2.28. The maximum Gasteiger partial charge on any atom is 0.410 e. The third kappa shape index (κ3) is 5.31. The number of aromatic hydroxyl groups is 1. The van der Waals surface area contributed by atoms with E-state index < -0.39 is 0 Å². The zero-order chi connectivity index (χ0) is 18.9. The Kier molecular flexibility index (Phi) is 7.14. The Morgan fingerprint density at radius 1 is 1.00 bits per heavy atom. The number of ether oxygens (including phenoxy) is 3. The van der Waals surface area contributed by atoms with Crippen LogP contribution < -0.4 is 9.47 Å². The molecule has 2 aromatic carbocycles. The lowest BCUT2D eigenvalue weighted by molar-refractivity contribution is 0.105. The molecule has 6 nitrogen and oxygen atoms in total. The van der Waals surface area contributed by atoms with E-state index in [2.05, 4.69) is 0 Å². The van der Waals surface area contributed by atoms with E-state index in [1.807, 2.05) is 30.3 Å². The molecule has 140 valence electrons. The molecular weight excluding hydrogens is 334 g/mol. The van der Waals surface area contributed by atoms with Gasteiger partial charge in [-0.3, -0.25) is 0 Å². The van der Waals surface area contributed by atoms with E-state index in [0.717, 1.165) is 11.1 Å². The van der Waals surface area contributed by atoms with Crippen LogP contribution in [0.5, 0.6) is 17.2 Å². The Morgan fingerprint density at radius 2 is 1.65 bits per heavy atom. The minimum absolute atomic E-state index is 0.223. The summed E-state index contributed by atoms with van der Waals surface area (Å²) >= 11 is 0. The molecule has 0 fully saturated rings. The number of nitrogens with zero attached hydrogens (tertiary/aromatic N) is 1. The maximum atomic E-state index is 12.3. The van der Waals surface area contributed by atoms with Gasteiger partial charge in [0.1, 0.15) is 5.75 Å². The van der Waals surface area contributed by atoms with Crippen LogP contribution >= 0.6 is 0 Å². The van der Waals surface area contributed by atoms with Crippen molar-refractivity contribution in [3.05, 3.63) is 53.6 Å². The van der Waals surface area contributed by atoms with Crippen molar-refractivity contribution in [2.24, 2.45) is 0 Å². The zero-order valence-electron chi connectivity index (χ0n) is 15.4. The summed E-state index contributed by atoms with van der Waals surface area (Å²) in [5.41, 5.74) is 1.95. The summed E-state index contributed by atoms with van der Waals surface area (Å²) in [7, 11) is 3.16.